The topological polar surface area (TPSA) is 82.5 Å². The van der Waals surface area contributed by atoms with E-state index in [2.05, 4.69) is 32.4 Å². The molecule has 9 heteroatoms. The highest BCUT2D eigenvalue weighted by Gasteiger charge is 2.20. The number of halogens is 1. The second kappa shape index (κ2) is 6.71. The van der Waals surface area contributed by atoms with Gasteiger partial charge in [0.2, 0.25) is 0 Å². The molecule has 1 aromatic heterocycles. The second-order valence-corrected chi connectivity index (χ2v) is 7.94. The van der Waals surface area contributed by atoms with Gasteiger partial charge in [0.25, 0.3) is 10.0 Å². The molecule has 0 unspecified atom stereocenters. The number of ether oxygens (including phenoxy) is 2. The Labute approximate surface area is 159 Å². The molecule has 0 spiro atoms. The number of nitrogens with zero attached hydrogens (tertiary/aromatic N) is 2. The van der Waals surface area contributed by atoms with Crippen LogP contribution in [0.1, 0.15) is 0 Å². The standard InChI is InChI=1S/C16H16IN3O4S/c1-20-15-12(8-9-13(24-3)14(15)16(17)18-20)19-25(21,22)11-6-4-10(23-2)5-7-11/h4-9,19H,1-3H3. The van der Waals surface area contributed by atoms with Crippen LogP contribution in [-0.2, 0) is 17.1 Å². The molecule has 0 saturated carbocycles. The fourth-order valence-electron chi connectivity index (χ4n) is 2.55. The first kappa shape index (κ1) is 17.8. The summed E-state index contributed by atoms with van der Waals surface area (Å²) < 4.78 is 40.8. The molecule has 0 saturated heterocycles. The lowest BCUT2D eigenvalue weighted by molar-refractivity contribution is 0.414. The van der Waals surface area contributed by atoms with Gasteiger partial charge in [-0.25, -0.2) is 8.42 Å². The summed E-state index contributed by atoms with van der Waals surface area (Å²) in [6.07, 6.45) is 0. The predicted molar refractivity (Wildman–Crippen MR) is 104 cm³/mol. The van der Waals surface area contributed by atoms with Crippen LogP contribution in [0, 0.1) is 3.70 Å². The summed E-state index contributed by atoms with van der Waals surface area (Å²) in [7, 11) is 1.11. The van der Waals surface area contributed by atoms with E-state index in [0.717, 1.165) is 9.09 Å². The van der Waals surface area contributed by atoms with Gasteiger partial charge >= 0.3 is 0 Å². The van der Waals surface area contributed by atoms with Crippen LogP contribution < -0.4 is 14.2 Å². The minimum atomic E-state index is -3.75. The highest BCUT2D eigenvalue weighted by atomic mass is 127. The Morgan fingerprint density at radius 2 is 1.76 bits per heavy atom. The summed E-state index contributed by atoms with van der Waals surface area (Å²) >= 11 is 2.10. The van der Waals surface area contributed by atoms with Gasteiger partial charge in [0.1, 0.15) is 15.2 Å². The van der Waals surface area contributed by atoms with E-state index in [1.807, 2.05) is 0 Å². The van der Waals surface area contributed by atoms with Crippen molar-refractivity contribution in [2.75, 3.05) is 18.9 Å². The fourth-order valence-corrected chi connectivity index (χ4v) is 4.46. The molecule has 1 heterocycles. The van der Waals surface area contributed by atoms with Crippen molar-refractivity contribution in [2.45, 2.75) is 4.90 Å². The molecule has 2 aromatic carbocycles. The van der Waals surface area contributed by atoms with E-state index in [-0.39, 0.29) is 4.90 Å². The van der Waals surface area contributed by atoms with Crippen LogP contribution in [0.5, 0.6) is 11.5 Å². The van der Waals surface area contributed by atoms with Crippen molar-refractivity contribution in [1.82, 2.24) is 9.78 Å². The molecule has 0 aliphatic rings. The predicted octanol–water partition coefficient (Wildman–Crippen LogP) is 3.00. The lowest BCUT2D eigenvalue weighted by Crippen LogP contribution is -2.13. The number of rotatable bonds is 5. The molecule has 132 valence electrons. The number of anilines is 1. The average molecular weight is 473 g/mol. The van der Waals surface area contributed by atoms with Crippen LogP contribution in [0.4, 0.5) is 5.69 Å². The van der Waals surface area contributed by atoms with E-state index in [1.54, 1.807) is 43.1 Å². The summed E-state index contributed by atoms with van der Waals surface area (Å²) in [6, 6.07) is 9.58. The number of hydrogen-bond donors (Lipinski definition) is 1. The summed E-state index contributed by atoms with van der Waals surface area (Å²) in [5.41, 5.74) is 1.09. The molecule has 3 aromatic rings. The Morgan fingerprint density at radius 3 is 2.36 bits per heavy atom. The molecule has 0 bridgehead atoms. The number of fused-ring (bicyclic) bond motifs is 1. The van der Waals surface area contributed by atoms with Gasteiger partial charge < -0.3 is 9.47 Å². The summed E-state index contributed by atoms with van der Waals surface area (Å²) in [5.74, 6) is 1.23. The van der Waals surface area contributed by atoms with Crippen molar-refractivity contribution >= 4 is 49.2 Å². The molecule has 0 fully saturated rings. The minimum Gasteiger partial charge on any atom is -0.497 e. The fraction of sp³-hybridized carbons (Fsp3) is 0.188. The van der Waals surface area contributed by atoms with E-state index in [1.165, 1.54) is 19.2 Å². The maximum Gasteiger partial charge on any atom is 0.261 e. The first-order chi connectivity index (χ1) is 11.9. The Morgan fingerprint density at radius 1 is 1.08 bits per heavy atom. The Kier molecular flexibility index (Phi) is 4.78. The molecule has 0 atom stereocenters. The van der Waals surface area contributed by atoms with Crippen LogP contribution in [0.15, 0.2) is 41.3 Å². The van der Waals surface area contributed by atoms with Crippen LogP contribution in [0.2, 0.25) is 0 Å². The Hall–Kier alpha value is -2.01. The number of hydrogen-bond acceptors (Lipinski definition) is 5. The molecular weight excluding hydrogens is 457 g/mol. The van der Waals surface area contributed by atoms with Crippen LogP contribution in [0.3, 0.4) is 0 Å². The lowest BCUT2D eigenvalue weighted by atomic mass is 10.2. The lowest BCUT2D eigenvalue weighted by Gasteiger charge is -2.12. The molecule has 25 heavy (non-hydrogen) atoms. The van der Waals surface area contributed by atoms with Crippen LogP contribution in [0.25, 0.3) is 10.9 Å². The van der Waals surface area contributed by atoms with Gasteiger partial charge in [-0.15, -0.1) is 0 Å². The highest BCUT2D eigenvalue weighted by Crippen LogP contribution is 2.35. The third-order valence-electron chi connectivity index (χ3n) is 3.74. The quantitative estimate of drug-likeness (QED) is 0.577. The molecule has 0 aliphatic carbocycles. The van der Waals surface area contributed by atoms with Gasteiger partial charge in [-0.3, -0.25) is 9.40 Å². The van der Waals surface area contributed by atoms with Gasteiger partial charge in [-0.2, -0.15) is 5.10 Å². The summed E-state index contributed by atoms with van der Waals surface area (Å²) in [6.45, 7) is 0. The van der Waals surface area contributed by atoms with Crippen molar-refractivity contribution in [3.05, 3.63) is 40.1 Å². The Balaban J connectivity index is 2.08. The van der Waals surface area contributed by atoms with Crippen molar-refractivity contribution < 1.29 is 17.9 Å². The van der Waals surface area contributed by atoms with E-state index in [4.69, 9.17) is 9.47 Å². The zero-order valence-electron chi connectivity index (χ0n) is 13.8. The summed E-state index contributed by atoms with van der Waals surface area (Å²) in [4.78, 5) is 0.147. The number of sulfonamides is 1. The first-order valence-electron chi connectivity index (χ1n) is 7.23. The number of nitrogens with one attached hydrogen (secondary N) is 1. The highest BCUT2D eigenvalue weighted by molar-refractivity contribution is 14.1. The Bertz CT molecular complexity index is 1030. The largest absolute Gasteiger partial charge is 0.497 e. The SMILES string of the molecule is COc1ccc(S(=O)(=O)Nc2ccc(OC)c3c(I)nn(C)c23)cc1. The molecule has 0 radical (unpaired) electrons. The number of methoxy groups -OCH3 is 2. The molecule has 7 nitrogen and oxygen atoms in total. The molecule has 1 N–H and O–H groups in total. The molecule has 3 rings (SSSR count). The van der Waals surface area contributed by atoms with Gasteiger partial charge in [-0.1, -0.05) is 0 Å². The van der Waals surface area contributed by atoms with Crippen molar-refractivity contribution in [3.63, 3.8) is 0 Å². The van der Waals surface area contributed by atoms with Gasteiger partial charge in [-0.05, 0) is 59.0 Å². The normalized spacial score (nSPS) is 11.5. The maximum absolute atomic E-state index is 12.7. The van der Waals surface area contributed by atoms with E-state index in [9.17, 15) is 8.42 Å². The molecular formula is C16H16IN3O4S. The first-order valence-corrected chi connectivity index (χ1v) is 9.79. The van der Waals surface area contributed by atoms with Crippen molar-refractivity contribution in [2.24, 2.45) is 7.05 Å². The van der Waals surface area contributed by atoms with Crippen LogP contribution >= 0.6 is 22.6 Å². The van der Waals surface area contributed by atoms with E-state index < -0.39 is 10.0 Å². The van der Waals surface area contributed by atoms with Crippen LogP contribution in [-0.4, -0.2) is 32.4 Å². The maximum atomic E-state index is 12.7. The van der Waals surface area contributed by atoms with Crippen molar-refractivity contribution in [1.29, 1.82) is 0 Å². The number of aryl methyl sites for hydroxylation is 1. The van der Waals surface area contributed by atoms with Crippen molar-refractivity contribution in [3.8, 4) is 11.5 Å². The third-order valence-corrected chi connectivity index (χ3v) is 5.88. The summed E-state index contributed by atoms with van der Waals surface area (Å²) in [5, 5.41) is 5.12. The molecule has 0 aliphatic heterocycles. The molecule has 0 amide bonds. The minimum absolute atomic E-state index is 0.147. The third kappa shape index (κ3) is 3.25. The van der Waals surface area contributed by atoms with Gasteiger partial charge in [0, 0.05) is 7.05 Å². The number of aromatic nitrogens is 2. The van der Waals surface area contributed by atoms with Gasteiger partial charge in [0.15, 0.2) is 0 Å². The zero-order chi connectivity index (χ0) is 18.2. The smallest absolute Gasteiger partial charge is 0.261 e. The van der Waals surface area contributed by atoms with E-state index >= 15 is 0 Å². The monoisotopic (exact) mass is 473 g/mol. The number of benzene rings is 2. The van der Waals surface area contributed by atoms with Gasteiger partial charge in [0.05, 0.1) is 35.7 Å². The van der Waals surface area contributed by atoms with E-state index in [0.29, 0.717) is 22.7 Å². The second-order valence-electron chi connectivity index (χ2n) is 5.23. The zero-order valence-corrected chi connectivity index (χ0v) is 16.8. The average Bonchev–Trinajstić information content (AvgIpc) is 2.90.